The van der Waals surface area contributed by atoms with E-state index in [1.807, 2.05) is 47.2 Å². The Morgan fingerprint density at radius 1 is 1.04 bits per heavy atom. The predicted molar refractivity (Wildman–Crippen MR) is 96.1 cm³/mol. The first kappa shape index (κ1) is 15.8. The van der Waals surface area contributed by atoms with Crippen molar-refractivity contribution < 1.29 is 14.3 Å². The number of carbonyl (C=O) groups is 1. The highest BCUT2D eigenvalue weighted by molar-refractivity contribution is 5.87. The average molecular weight is 345 g/mol. The Morgan fingerprint density at radius 2 is 1.85 bits per heavy atom. The molecule has 0 spiro atoms. The lowest BCUT2D eigenvalue weighted by Crippen LogP contribution is -2.11. The van der Waals surface area contributed by atoms with Crippen molar-refractivity contribution in [1.82, 2.24) is 14.5 Å². The second-order valence-electron chi connectivity index (χ2n) is 5.57. The molecule has 0 saturated heterocycles. The van der Waals surface area contributed by atoms with Crippen LogP contribution in [0.3, 0.4) is 0 Å². The molecule has 0 saturated carbocycles. The number of rotatable bonds is 4. The molecule has 0 amide bonds. The molecule has 128 valence electrons. The lowest BCUT2D eigenvalue weighted by atomic mass is 10.1. The smallest absolute Gasteiger partial charge is 0.427 e. The molecule has 2 aromatic carbocycles. The third-order valence-electron chi connectivity index (χ3n) is 3.81. The van der Waals surface area contributed by atoms with E-state index in [0.717, 1.165) is 16.6 Å². The minimum absolute atomic E-state index is 0.0121. The summed E-state index contributed by atoms with van der Waals surface area (Å²) in [4.78, 5) is 20.5. The van der Waals surface area contributed by atoms with E-state index in [4.69, 9.17) is 9.47 Å². The second kappa shape index (κ2) is 7.06. The van der Waals surface area contributed by atoms with Gasteiger partial charge < -0.3 is 14.0 Å². The van der Waals surface area contributed by atoms with Crippen molar-refractivity contribution in [2.45, 2.75) is 6.61 Å². The SMILES string of the molecule is O=C(OCc1cc(-n2ccnc2)c2ccccc2n1)Oc1ccccc1. The fraction of sp³-hybridized carbons (Fsp3) is 0.0500. The molecular weight excluding hydrogens is 330 g/mol. The first-order chi connectivity index (χ1) is 12.8. The highest BCUT2D eigenvalue weighted by Gasteiger charge is 2.11. The molecular formula is C20H15N3O3. The Labute approximate surface area is 149 Å². The zero-order valence-electron chi connectivity index (χ0n) is 13.8. The van der Waals surface area contributed by atoms with Crippen LogP contribution < -0.4 is 4.74 Å². The van der Waals surface area contributed by atoms with Crippen LogP contribution in [0.5, 0.6) is 5.75 Å². The van der Waals surface area contributed by atoms with Gasteiger partial charge in [-0.2, -0.15) is 0 Å². The number of para-hydroxylation sites is 2. The topological polar surface area (TPSA) is 66.2 Å². The van der Waals surface area contributed by atoms with Gasteiger partial charge in [-0.25, -0.2) is 14.8 Å². The normalized spacial score (nSPS) is 10.6. The summed E-state index contributed by atoms with van der Waals surface area (Å²) in [6, 6.07) is 18.4. The van der Waals surface area contributed by atoms with Crippen molar-refractivity contribution in [3.8, 4) is 11.4 Å². The summed E-state index contributed by atoms with van der Waals surface area (Å²) in [7, 11) is 0. The first-order valence-electron chi connectivity index (χ1n) is 8.06. The molecule has 2 aromatic heterocycles. The second-order valence-corrected chi connectivity index (χ2v) is 5.57. The van der Waals surface area contributed by atoms with Gasteiger partial charge >= 0.3 is 6.16 Å². The van der Waals surface area contributed by atoms with E-state index in [2.05, 4.69) is 9.97 Å². The van der Waals surface area contributed by atoms with Crippen LogP contribution in [0.2, 0.25) is 0 Å². The lowest BCUT2D eigenvalue weighted by molar-refractivity contribution is 0.0917. The molecule has 0 radical (unpaired) electrons. The molecule has 6 nitrogen and oxygen atoms in total. The largest absolute Gasteiger partial charge is 0.514 e. The third kappa shape index (κ3) is 3.39. The van der Waals surface area contributed by atoms with E-state index in [9.17, 15) is 4.79 Å². The molecule has 4 aromatic rings. The number of nitrogens with zero attached hydrogens (tertiary/aromatic N) is 3. The van der Waals surface area contributed by atoms with Crippen molar-refractivity contribution in [2.75, 3.05) is 0 Å². The predicted octanol–water partition coefficient (Wildman–Crippen LogP) is 4.14. The fourth-order valence-corrected chi connectivity index (χ4v) is 2.65. The van der Waals surface area contributed by atoms with Gasteiger partial charge in [-0.05, 0) is 24.3 Å². The maximum Gasteiger partial charge on any atom is 0.514 e. The van der Waals surface area contributed by atoms with Gasteiger partial charge in [-0.15, -0.1) is 0 Å². The summed E-state index contributed by atoms with van der Waals surface area (Å²) >= 11 is 0. The highest BCUT2D eigenvalue weighted by Crippen LogP contribution is 2.22. The number of fused-ring (bicyclic) bond motifs is 1. The van der Waals surface area contributed by atoms with Crippen LogP contribution in [0.4, 0.5) is 4.79 Å². The summed E-state index contributed by atoms with van der Waals surface area (Å²) in [6.07, 6.45) is 4.52. The number of hydrogen-bond acceptors (Lipinski definition) is 5. The minimum atomic E-state index is -0.768. The molecule has 0 N–H and O–H groups in total. The number of aromatic nitrogens is 3. The Morgan fingerprint density at radius 3 is 2.65 bits per heavy atom. The van der Waals surface area contributed by atoms with E-state index in [1.165, 1.54) is 0 Å². The fourth-order valence-electron chi connectivity index (χ4n) is 2.65. The van der Waals surface area contributed by atoms with Crippen molar-refractivity contribution in [3.63, 3.8) is 0 Å². The van der Waals surface area contributed by atoms with Crippen LogP contribution in [0.1, 0.15) is 5.69 Å². The van der Waals surface area contributed by atoms with E-state index >= 15 is 0 Å². The Kier molecular flexibility index (Phi) is 4.30. The number of pyridine rings is 1. The van der Waals surface area contributed by atoms with Crippen LogP contribution in [0.15, 0.2) is 79.4 Å². The number of ether oxygens (including phenoxy) is 2. The Bertz CT molecular complexity index is 1030. The Hall–Kier alpha value is -3.67. The summed E-state index contributed by atoms with van der Waals surface area (Å²) in [5.41, 5.74) is 2.36. The van der Waals surface area contributed by atoms with Gasteiger partial charge in [0.2, 0.25) is 0 Å². The molecule has 0 aliphatic heterocycles. The van der Waals surface area contributed by atoms with Gasteiger partial charge in [0.05, 0.1) is 23.2 Å². The summed E-state index contributed by atoms with van der Waals surface area (Å²) in [6.45, 7) is 0.0121. The minimum Gasteiger partial charge on any atom is -0.427 e. The number of imidazole rings is 1. The third-order valence-corrected chi connectivity index (χ3v) is 3.81. The quantitative estimate of drug-likeness (QED) is 0.411. The van der Waals surface area contributed by atoms with E-state index in [0.29, 0.717) is 11.4 Å². The van der Waals surface area contributed by atoms with E-state index < -0.39 is 6.16 Å². The molecule has 0 aliphatic rings. The van der Waals surface area contributed by atoms with Gasteiger partial charge in [0.25, 0.3) is 0 Å². The van der Waals surface area contributed by atoms with Crippen LogP contribution in [0, 0.1) is 0 Å². The standard InChI is InChI=1S/C20H15N3O3/c24-20(26-16-6-2-1-3-7-16)25-13-15-12-19(23-11-10-21-14-23)17-8-4-5-9-18(17)22-15/h1-12,14H,13H2. The zero-order chi connectivity index (χ0) is 17.8. The number of benzene rings is 2. The lowest BCUT2D eigenvalue weighted by Gasteiger charge is -2.11. The summed E-state index contributed by atoms with van der Waals surface area (Å²) < 4.78 is 12.2. The van der Waals surface area contributed by atoms with Crippen LogP contribution in [-0.4, -0.2) is 20.7 Å². The highest BCUT2D eigenvalue weighted by atomic mass is 16.7. The van der Waals surface area contributed by atoms with Crippen molar-refractivity contribution in [2.24, 2.45) is 0 Å². The molecule has 0 bridgehead atoms. The molecule has 0 aliphatic carbocycles. The molecule has 6 heteroatoms. The van der Waals surface area contributed by atoms with Crippen molar-refractivity contribution in [1.29, 1.82) is 0 Å². The monoisotopic (exact) mass is 345 g/mol. The molecule has 4 rings (SSSR count). The molecule has 0 atom stereocenters. The van der Waals surface area contributed by atoms with Gasteiger partial charge in [0.1, 0.15) is 12.4 Å². The van der Waals surface area contributed by atoms with Gasteiger partial charge in [-0.1, -0.05) is 36.4 Å². The first-order valence-corrected chi connectivity index (χ1v) is 8.06. The van der Waals surface area contributed by atoms with Gasteiger partial charge in [0.15, 0.2) is 0 Å². The average Bonchev–Trinajstić information content (AvgIpc) is 3.21. The maximum absolute atomic E-state index is 11.9. The molecule has 0 fully saturated rings. The summed E-state index contributed by atoms with van der Waals surface area (Å²) in [5.74, 6) is 0.433. The number of hydrogen-bond donors (Lipinski definition) is 0. The van der Waals surface area contributed by atoms with Crippen molar-refractivity contribution >= 4 is 17.1 Å². The molecule has 2 heterocycles. The number of carbonyl (C=O) groups excluding carboxylic acids is 1. The van der Waals surface area contributed by atoms with E-state index in [-0.39, 0.29) is 6.61 Å². The van der Waals surface area contributed by atoms with Gasteiger partial charge in [-0.3, -0.25) is 0 Å². The van der Waals surface area contributed by atoms with Gasteiger partial charge in [0, 0.05) is 17.8 Å². The van der Waals surface area contributed by atoms with Crippen LogP contribution >= 0.6 is 0 Å². The van der Waals surface area contributed by atoms with Crippen LogP contribution in [0.25, 0.3) is 16.6 Å². The molecule has 26 heavy (non-hydrogen) atoms. The van der Waals surface area contributed by atoms with Crippen molar-refractivity contribution in [3.05, 3.63) is 85.1 Å². The summed E-state index contributed by atoms with van der Waals surface area (Å²) in [5, 5.41) is 0.987. The maximum atomic E-state index is 11.9. The van der Waals surface area contributed by atoms with Crippen LogP contribution in [-0.2, 0) is 11.3 Å². The molecule has 0 unspecified atom stereocenters. The van der Waals surface area contributed by atoms with E-state index in [1.54, 1.807) is 36.8 Å². The Balaban J connectivity index is 1.56. The zero-order valence-corrected chi connectivity index (χ0v) is 13.8.